The molecule has 0 fully saturated rings. The molecule has 5 heteroatoms. The molecule has 0 aromatic heterocycles. The zero-order chi connectivity index (χ0) is 12.3. The summed E-state index contributed by atoms with van der Waals surface area (Å²) in [5, 5.41) is 0. The third kappa shape index (κ3) is 3.28. The summed E-state index contributed by atoms with van der Waals surface area (Å²) in [5.74, 6) is -0.439. The fraction of sp³-hybridized carbons (Fsp3) is 0.455. The second kappa shape index (κ2) is 4.93. The number of sulfone groups is 1. The molecule has 2 N–H and O–H groups in total. The third-order valence-corrected chi connectivity index (χ3v) is 3.63. The highest BCUT2D eigenvalue weighted by Crippen LogP contribution is 2.18. The molecule has 0 saturated heterocycles. The molecule has 1 aromatic carbocycles. The van der Waals surface area contributed by atoms with Crippen LogP contribution in [0, 0.1) is 5.82 Å². The summed E-state index contributed by atoms with van der Waals surface area (Å²) < 4.78 is 36.0. The van der Waals surface area contributed by atoms with Crippen LogP contribution in [0.4, 0.5) is 4.39 Å². The highest BCUT2D eigenvalue weighted by molar-refractivity contribution is 7.90. The van der Waals surface area contributed by atoms with Crippen LogP contribution < -0.4 is 5.73 Å². The van der Waals surface area contributed by atoms with Gasteiger partial charge in [0.2, 0.25) is 0 Å². The Balaban J connectivity index is 3.19. The summed E-state index contributed by atoms with van der Waals surface area (Å²) in [4.78, 5) is 0.165. The summed E-state index contributed by atoms with van der Waals surface area (Å²) in [6, 6.07) is 3.54. The first-order valence-electron chi connectivity index (χ1n) is 5.08. The van der Waals surface area contributed by atoms with E-state index >= 15 is 0 Å². The minimum Gasteiger partial charge on any atom is -0.327 e. The number of hydrogen-bond donors (Lipinski definition) is 1. The van der Waals surface area contributed by atoms with E-state index in [0.717, 1.165) is 18.7 Å². The van der Waals surface area contributed by atoms with Crippen LogP contribution in [0.15, 0.2) is 23.1 Å². The Kier molecular flexibility index (Phi) is 4.04. The van der Waals surface area contributed by atoms with Gasteiger partial charge in [-0.2, -0.15) is 0 Å². The van der Waals surface area contributed by atoms with Crippen molar-refractivity contribution in [3.05, 3.63) is 29.6 Å². The van der Waals surface area contributed by atoms with Gasteiger partial charge in [-0.25, -0.2) is 12.8 Å². The van der Waals surface area contributed by atoms with Crippen molar-refractivity contribution in [2.45, 2.75) is 30.7 Å². The van der Waals surface area contributed by atoms with E-state index in [0.29, 0.717) is 12.0 Å². The smallest absolute Gasteiger partial charge is 0.175 e. The van der Waals surface area contributed by atoms with Crippen LogP contribution in [0.2, 0.25) is 0 Å². The molecule has 1 rings (SSSR count). The molecule has 0 bridgehead atoms. The van der Waals surface area contributed by atoms with E-state index < -0.39 is 15.7 Å². The lowest BCUT2D eigenvalue weighted by Gasteiger charge is -2.12. The third-order valence-electron chi connectivity index (χ3n) is 2.43. The van der Waals surface area contributed by atoms with Crippen molar-refractivity contribution in [3.8, 4) is 0 Å². The second-order valence-corrected chi connectivity index (χ2v) is 5.88. The standard InChI is InChI=1S/C11H16FNO2S/c1-3-10(13)7-8-6-9(12)4-5-11(8)16(2,14)15/h4-6,10H,3,7,13H2,1-2H3. The number of halogens is 1. The van der Waals surface area contributed by atoms with Gasteiger partial charge in [0.1, 0.15) is 5.82 Å². The first-order chi connectivity index (χ1) is 7.34. The van der Waals surface area contributed by atoms with Crippen LogP contribution in [0.1, 0.15) is 18.9 Å². The number of nitrogens with two attached hydrogens (primary N) is 1. The lowest BCUT2D eigenvalue weighted by Crippen LogP contribution is -2.22. The Bertz CT molecular complexity index is 471. The topological polar surface area (TPSA) is 60.2 Å². The molecule has 0 aliphatic heterocycles. The molecule has 1 atom stereocenters. The average Bonchev–Trinajstić information content (AvgIpc) is 2.15. The molecule has 1 unspecified atom stereocenters. The quantitative estimate of drug-likeness (QED) is 0.818. The molecule has 1 aromatic rings. The maximum absolute atomic E-state index is 13.1. The number of benzene rings is 1. The van der Waals surface area contributed by atoms with Crippen LogP contribution in [-0.2, 0) is 16.3 Å². The van der Waals surface area contributed by atoms with Crippen LogP contribution in [0.25, 0.3) is 0 Å². The van der Waals surface area contributed by atoms with Crippen molar-refractivity contribution in [1.29, 1.82) is 0 Å². The van der Waals surface area contributed by atoms with E-state index in [1.807, 2.05) is 6.92 Å². The molecule has 16 heavy (non-hydrogen) atoms. The van der Waals surface area contributed by atoms with Gasteiger partial charge in [-0.1, -0.05) is 6.92 Å². The summed E-state index contributed by atoms with van der Waals surface area (Å²) in [6.07, 6.45) is 2.21. The molecule has 90 valence electrons. The first-order valence-corrected chi connectivity index (χ1v) is 6.97. The van der Waals surface area contributed by atoms with E-state index in [9.17, 15) is 12.8 Å². The van der Waals surface area contributed by atoms with Crippen molar-refractivity contribution in [1.82, 2.24) is 0 Å². The van der Waals surface area contributed by atoms with Gasteiger partial charge in [0.25, 0.3) is 0 Å². The van der Waals surface area contributed by atoms with Gasteiger partial charge in [-0.3, -0.25) is 0 Å². The van der Waals surface area contributed by atoms with E-state index in [1.54, 1.807) is 0 Å². The second-order valence-electron chi connectivity index (χ2n) is 3.90. The molecule has 0 aliphatic rings. The molecule has 0 amide bonds. The summed E-state index contributed by atoms with van der Waals surface area (Å²) in [6.45, 7) is 1.91. The van der Waals surface area contributed by atoms with E-state index in [1.165, 1.54) is 12.1 Å². The Morgan fingerprint density at radius 2 is 2.06 bits per heavy atom. The van der Waals surface area contributed by atoms with Crippen LogP contribution in [0.5, 0.6) is 0 Å². The Morgan fingerprint density at radius 1 is 1.44 bits per heavy atom. The monoisotopic (exact) mass is 245 g/mol. The van der Waals surface area contributed by atoms with Crippen LogP contribution in [0.3, 0.4) is 0 Å². The average molecular weight is 245 g/mol. The van der Waals surface area contributed by atoms with E-state index in [2.05, 4.69) is 0 Å². The molecule has 0 radical (unpaired) electrons. The Morgan fingerprint density at radius 3 is 2.56 bits per heavy atom. The minimum absolute atomic E-state index is 0.151. The van der Waals surface area contributed by atoms with Crippen LogP contribution >= 0.6 is 0 Å². The predicted octanol–water partition coefficient (Wildman–Crippen LogP) is 1.51. The maximum Gasteiger partial charge on any atom is 0.175 e. The molecule has 0 spiro atoms. The fourth-order valence-electron chi connectivity index (χ4n) is 1.50. The van der Waals surface area contributed by atoms with Gasteiger partial charge >= 0.3 is 0 Å². The SMILES string of the molecule is CCC(N)Cc1cc(F)ccc1S(C)(=O)=O. The lowest BCUT2D eigenvalue weighted by atomic mass is 10.0. The fourth-order valence-corrected chi connectivity index (χ4v) is 2.43. The molecule has 3 nitrogen and oxygen atoms in total. The summed E-state index contributed by atoms with van der Waals surface area (Å²) >= 11 is 0. The molecular weight excluding hydrogens is 229 g/mol. The van der Waals surface area contributed by atoms with Crippen molar-refractivity contribution in [3.63, 3.8) is 0 Å². The summed E-state index contributed by atoms with van der Waals surface area (Å²) in [7, 11) is -3.33. The molecule has 0 aliphatic carbocycles. The van der Waals surface area contributed by atoms with Crippen molar-refractivity contribution >= 4 is 9.84 Å². The van der Waals surface area contributed by atoms with Gasteiger partial charge in [0.05, 0.1) is 4.90 Å². The van der Waals surface area contributed by atoms with Crippen molar-refractivity contribution in [2.24, 2.45) is 5.73 Å². The zero-order valence-corrected chi connectivity index (χ0v) is 10.2. The highest BCUT2D eigenvalue weighted by atomic mass is 32.2. The molecule has 0 saturated carbocycles. The van der Waals surface area contributed by atoms with Crippen molar-refractivity contribution in [2.75, 3.05) is 6.26 Å². The van der Waals surface area contributed by atoms with Crippen molar-refractivity contribution < 1.29 is 12.8 Å². The number of rotatable bonds is 4. The van der Waals surface area contributed by atoms with Gasteiger partial charge in [0, 0.05) is 12.3 Å². The Labute approximate surface area is 95.4 Å². The largest absolute Gasteiger partial charge is 0.327 e. The number of hydrogen-bond acceptors (Lipinski definition) is 3. The Hall–Kier alpha value is -0.940. The predicted molar refractivity (Wildman–Crippen MR) is 61.5 cm³/mol. The van der Waals surface area contributed by atoms with Gasteiger partial charge < -0.3 is 5.73 Å². The maximum atomic E-state index is 13.1. The van der Waals surface area contributed by atoms with E-state index in [4.69, 9.17) is 5.73 Å². The normalized spacial score (nSPS) is 13.8. The van der Waals surface area contributed by atoms with E-state index in [-0.39, 0.29) is 10.9 Å². The zero-order valence-electron chi connectivity index (χ0n) is 9.40. The molecular formula is C11H16FNO2S. The first kappa shape index (κ1) is 13.1. The minimum atomic E-state index is -3.33. The molecule has 0 heterocycles. The highest BCUT2D eigenvalue weighted by Gasteiger charge is 2.15. The van der Waals surface area contributed by atoms with Gasteiger partial charge in [0.15, 0.2) is 9.84 Å². The lowest BCUT2D eigenvalue weighted by molar-refractivity contribution is 0.591. The van der Waals surface area contributed by atoms with Crippen LogP contribution in [-0.4, -0.2) is 20.7 Å². The van der Waals surface area contributed by atoms with Gasteiger partial charge in [-0.05, 0) is 36.6 Å². The van der Waals surface area contributed by atoms with Gasteiger partial charge in [-0.15, -0.1) is 0 Å². The summed E-state index contributed by atoms with van der Waals surface area (Å²) in [5.41, 5.74) is 6.21.